The monoisotopic (exact) mass is 347 g/mol. The molecule has 2 heterocycles. The molecule has 0 saturated carbocycles. The Bertz CT molecular complexity index is 805. The second-order valence-electron chi connectivity index (χ2n) is 6.15. The number of aromatic nitrogens is 3. The third-order valence-electron chi connectivity index (χ3n) is 4.21. The summed E-state index contributed by atoms with van der Waals surface area (Å²) in [5, 5.41) is 3.43. The molecule has 2 aromatic heterocycles. The van der Waals surface area contributed by atoms with Crippen LogP contribution in [0.4, 0.5) is 11.5 Å². The van der Waals surface area contributed by atoms with Gasteiger partial charge in [-0.2, -0.15) is 0 Å². The van der Waals surface area contributed by atoms with E-state index in [0.717, 1.165) is 49.0 Å². The third-order valence-corrected chi connectivity index (χ3v) is 4.21. The van der Waals surface area contributed by atoms with Crippen molar-refractivity contribution in [3.8, 4) is 11.4 Å². The highest BCUT2D eigenvalue weighted by atomic mass is 15.1. The summed E-state index contributed by atoms with van der Waals surface area (Å²) in [6, 6.07) is 16.4. The lowest BCUT2D eigenvalue weighted by Gasteiger charge is -2.23. The van der Waals surface area contributed by atoms with E-state index in [-0.39, 0.29) is 0 Å². The van der Waals surface area contributed by atoms with E-state index >= 15 is 0 Å². The van der Waals surface area contributed by atoms with Gasteiger partial charge in [-0.1, -0.05) is 18.2 Å². The van der Waals surface area contributed by atoms with Crippen LogP contribution in [-0.2, 0) is 0 Å². The maximum atomic E-state index is 4.64. The average Bonchev–Trinajstić information content (AvgIpc) is 2.69. The Balaban J connectivity index is 1.57. The molecule has 0 saturated heterocycles. The van der Waals surface area contributed by atoms with Crippen LogP contribution in [0.2, 0.25) is 0 Å². The summed E-state index contributed by atoms with van der Waals surface area (Å²) in [5.74, 6) is 1.60. The van der Waals surface area contributed by atoms with Crippen LogP contribution in [0.1, 0.15) is 19.0 Å². The molecule has 0 aliphatic heterocycles. The lowest BCUT2D eigenvalue weighted by molar-refractivity contribution is 0.767. The standard InChI is InChI=1S/C21H25N5/c1-3-26(19-8-5-4-6-9-19)15-7-12-23-20-16-17(2)24-21(25-20)18-10-13-22-14-11-18/h4-6,8-11,13-14,16H,3,7,12,15H2,1-2H3,(H,23,24,25). The van der Waals surface area contributed by atoms with Gasteiger partial charge in [-0.15, -0.1) is 0 Å². The summed E-state index contributed by atoms with van der Waals surface area (Å²) < 4.78 is 0. The lowest BCUT2D eigenvalue weighted by Crippen LogP contribution is -2.25. The quantitative estimate of drug-likeness (QED) is 0.620. The zero-order valence-electron chi connectivity index (χ0n) is 15.4. The van der Waals surface area contributed by atoms with Gasteiger partial charge in [0.05, 0.1) is 0 Å². The first-order chi connectivity index (χ1) is 12.8. The van der Waals surface area contributed by atoms with Crippen LogP contribution in [0.5, 0.6) is 0 Å². The fourth-order valence-corrected chi connectivity index (χ4v) is 2.88. The van der Waals surface area contributed by atoms with Crippen LogP contribution in [0, 0.1) is 6.92 Å². The minimum absolute atomic E-state index is 0.731. The van der Waals surface area contributed by atoms with Crippen molar-refractivity contribution in [1.82, 2.24) is 15.0 Å². The fourth-order valence-electron chi connectivity index (χ4n) is 2.88. The van der Waals surface area contributed by atoms with E-state index in [4.69, 9.17) is 0 Å². The van der Waals surface area contributed by atoms with Crippen LogP contribution in [0.15, 0.2) is 60.9 Å². The molecule has 0 radical (unpaired) electrons. The fraction of sp³-hybridized carbons (Fsp3) is 0.286. The van der Waals surface area contributed by atoms with Gasteiger partial charge in [0.2, 0.25) is 0 Å². The van der Waals surface area contributed by atoms with Crippen molar-refractivity contribution in [2.24, 2.45) is 0 Å². The molecule has 3 aromatic rings. The zero-order chi connectivity index (χ0) is 18.2. The first kappa shape index (κ1) is 17.9. The maximum absolute atomic E-state index is 4.64. The number of para-hydroxylation sites is 1. The van der Waals surface area contributed by atoms with Gasteiger partial charge in [0.25, 0.3) is 0 Å². The summed E-state index contributed by atoms with van der Waals surface area (Å²) in [7, 11) is 0. The zero-order valence-corrected chi connectivity index (χ0v) is 15.4. The Morgan fingerprint density at radius 3 is 2.50 bits per heavy atom. The molecule has 0 spiro atoms. The third kappa shape index (κ3) is 4.79. The predicted molar refractivity (Wildman–Crippen MR) is 107 cm³/mol. The maximum Gasteiger partial charge on any atom is 0.161 e. The Kier molecular flexibility index (Phi) is 6.14. The van der Waals surface area contributed by atoms with Gasteiger partial charge in [0, 0.05) is 55.0 Å². The Morgan fingerprint density at radius 2 is 1.77 bits per heavy atom. The smallest absolute Gasteiger partial charge is 0.161 e. The van der Waals surface area contributed by atoms with Gasteiger partial charge in [-0.25, -0.2) is 9.97 Å². The van der Waals surface area contributed by atoms with Gasteiger partial charge in [-0.3, -0.25) is 4.98 Å². The Hall–Kier alpha value is -2.95. The van der Waals surface area contributed by atoms with Crippen molar-refractivity contribution < 1.29 is 0 Å². The number of aryl methyl sites for hydroxylation is 1. The number of rotatable bonds is 8. The molecule has 26 heavy (non-hydrogen) atoms. The van der Waals surface area contributed by atoms with Crippen LogP contribution < -0.4 is 10.2 Å². The number of anilines is 2. The van der Waals surface area contributed by atoms with Crippen LogP contribution in [-0.4, -0.2) is 34.6 Å². The first-order valence-electron chi connectivity index (χ1n) is 9.06. The molecule has 134 valence electrons. The van der Waals surface area contributed by atoms with Gasteiger partial charge < -0.3 is 10.2 Å². The van der Waals surface area contributed by atoms with Crippen molar-refractivity contribution >= 4 is 11.5 Å². The first-order valence-corrected chi connectivity index (χ1v) is 9.06. The minimum Gasteiger partial charge on any atom is -0.372 e. The number of nitrogens with one attached hydrogen (secondary N) is 1. The molecule has 0 amide bonds. The normalized spacial score (nSPS) is 10.5. The number of nitrogens with zero attached hydrogens (tertiary/aromatic N) is 4. The van der Waals surface area contributed by atoms with Crippen molar-refractivity contribution in [3.05, 3.63) is 66.6 Å². The van der Waals surface area contributed by atoms with E-state index in [1.807, 2.05) is 25.1 Å². The number of benzene rings is 1. The van der Waals surface area contributed by atoms with Crippen LogP contribution in [0.3, 0.4) is 0 Å². The molecular weight excluding hydrogens is 322 g/mol. The molecule has 3 rings (SSSR count). The highest BCUT2D eigenvalue weighted by Gasteiger charge is 2.06. The van der Waals surface area contributed by atoms with E-state index in [1.54, 1.807) is 12.4 Å². The van der Waals surface area contributed by atoms with Gasteiger partial charge in [-0.05, 0) is 44.5 Å². The molecule has 5 heteroatoms. The minimum atomic E-state index is 0.731. The second kappa shape index (κ2) is 8.94. The summed E-state index contributed by atoms with van der Waals surface area (Å²) in [5.41, 5.74) is 3.20. The van der Waals surface area contributed by atoms with Gasteiger partial charge in [0.1, 0.15) is 5.82 Å². The van der Waals surface area contributed by atoms with Crippen molar-refractivity contribution in [2.45, 2.75) is 20.3 Å². The molecule has 0 aliphatic rings. The molecule has 0 atom stereocenters. The van der Waals surface area contributed by atoms with Crippen LogP contribution in [0.25, 0.3) is 11.4 Å². The number of hydrogen-bond acceptors (Lipinski definition) is 5. The molecular formula is C21H25N5. The highest BCUT2D eigenvalue weighted by Crippen LogP contribution is 2.17. The summed E-state index contributed by atoms with van der Waals surface area (Å²) in [6.45, 7) is 7.06. The SMILES string of the molecule is CCN(CCCNc1cc(C)nc(-c2ccncc2)n1)c1ccccc1. The number of pyridine rings is 1. The second-order valence-corrected chi connectivity index (χ2v) is 6.15. The van der Waals surface area contributed by atoms with Gasteiger partial charge in [0.15, 0.2) is 5.82 Å². The van der Waals surface area contributed by atoms with Crippen molar-refractivity contribution in [1.29, 1.82) is 0 Å². The molecule has 0 unspecified atom stereocenters. The summed E-state index contributed by atoms with van der Waals surface area (Å²) >= 11 is 0. The molecule has 1 aromatic carbocycles. The van der Waals surface area contributed by atoms with Crippen molar-refractivity contribution in [2.75, 3.05) is 29.9 Å². The Morgan fingerprint density at radius 1 is 1.00 bits per heavy atom. The molecule has 0 fully saturated rings. The average molecular weight is 347 g/mol. The van der Waals surface area contributed by atoms with Crippen LogP contribution >= 0.6 is 0 Å². The van der Waals surface area contributed by atoms with Crippen molar-refractivity contribution in [3.63, 3.8) is 0 Å². The Labute approximate surface area is 155 Å². The molecule has 1 N–H and O–H groups in total. The number of hydrogen-bond donors (Lipinski definition) is 1. The summed E-state index contributed by atoms with van der Waals surface area (Å²) in [6.07, 6.45) is 4.56. The molecule has 0 bridgehead atoms. The lowest BCUT2D eigenvalue weighted by atomic mass is 10.2. The summed E-state index contributed by atoms with van der Waals surface area (Å²) in [4.78, 5) is 15.6. The van der Waals surface area contributed by atoms with E-state index in [1.165, 1.54) is 5.69 Å². The van der Waals surface area contributed by atoms with E-state index in [0.29, 0.717) is 0 Å². The predicted octanol–water partition coefficient (Wildman–Crippen LogP) is 4.18. The van der Waals surface area contributed by atoms with Gasteiger partial charge >= 0.3 is 0 Å². The molecule has 5 nitrogen and oxygen atoms in total. The van der Waals surface area contributed by atoms with E-state index < -0.39 is 0 Å². The highest BCUT2D eigenvalue weighted by molar-refractivity contribution is 5.56. The molecule has 0 aliphatic carbocycles. The topological polar surface area (TPSA) is 53.9 Å². The largest absolute Gasteiger partial charge is 0.372 e. The van der Waals surface area contributed by atoms with E-state index in [9.17, 15) is 0 Å². The van der Waals surface area contributed by atoms with E-state index in [2.05, 4.69) is 62.4 Å².